The van der Waals surface area contributed by atoms with Gasteiger partial charge in [0.05, 0.1) is 18.8 Å². The number of aromatic nitrogens is 1. The molecule has 6 heteroatoms. The fraction of sp³-hybridized carbons (Fsp3) is 0.500. The van der Waals surface area contributed by atoms with Crippen molar-refractivity contribution in [3.8, 4) is 0 Å². The molecule has 2 aliphatic rings. The molecule has 6 nitrogen and oxygen atoms in total. The Kier molecular flexibility index (Phi) is 4.26. The Morgan fingerprint density at radius 3 is 3.08 bits per heavy atom. The Bertz CT molecular complexity index is 729. The molecule has 4 rings (SSSR count). The third-order valence-electron chi connectivity index (χ3n) is 5.06. The van der Waals surface area contributed by atoms with Gasteiger partial charge in [-0.15, -0.1) is 0 Å². The van der Waals surface area contributed by atoms with Gasteiger partial charge in [-0.25, -0.2) is 0 Å². The third kappa shape index (κ3) is 2.81. The number of benzene rings is 1. The van der Waals surface area contributed by atoms with Crippen LogP contribution in [0.2, 0.25) is 0 Å². The Morgan fingerprint density at radius 2 is 2.21 bits per heavy atom. The number of morpholine rings is 1. The number of H-pyrrole nitrogens is 1. The minimum atomic E-state index is 0.0715. The molecule has 2 saturated heterocycles. The molecule has 0 radical (unpaired) electrons. The van der Waals surface area contributed by atoms with Crippen molar-refractivity contribution in [3.05, 3.63) is 36.0 Å². The monoisotopic (exact) mass is 329 g/mol. The number of likely N-dealkylation sites (tertiary alicyclic amines) is 1. The van der Waals surface area contributed by atoms with E-state index in [2.05, 4.69) is 34.3 Å². The van der Waals surface area contributed by atoms with E-state index < -0.39 is 0 Å². The van der Waals surface area contributed by atoms with Gasteiger partial charge >= 0.3 is 0 Å². The van der Waals surface area contributed by atoms with Crippen LogP contribution in [0.1, 0.15) is 5.56 Å². The Morgan fingerprint density at radius 1 is 1.33 bits per heavy atom. The van der Waals surface area contributed by atoms with Crippen molar-refractivity contribution < 1.29 is 14.3 Å². The van der Waals surface area contributed by atoms with Gasteiger partial charge in [0, 0.05) is 50.4 Å². The van der Waals surface area contributed by atoms with E-state index in [0.717, 1.165) is 25.2 Å². The average Bonchev–Trinajstić information content (AvgIpc) is 3.19. The molecule has 2 atom stereocenters. The van der Waals surface area contributed by atoms with Gasteiger partial charge in [-0.3, -0.25) is 9.69 Å². The van der Waals surface area contributed by atoms with E-state index in [1.807, 2.05) is 11.0 Å². The van der Waals surface area contributed by atoms with E-state index in [1.54, 1.807) is 7.11 Å². The van der Waals surface area contributed by atoms with Gasteiger partial charge in [-0.1, -0.05) is 18.2 Å². The van der Waals surface area contributed by atoms with Crippen LogP contribution >= 0.6 is 0 Å². The van der Waals surface area contributed by atoms with Crippen LogP contribution < -0.4 is 0 Å². The van der Waals surface area contributed by atoms with Crippen molar-refractivity contribution in [2.75, 3.05) is 40.0 Å². The van der Waals surface area contributed by atoms with Crippen molar-refractivity contribution in [1.82, 2.24) is 14.8 Å². The van der Waals surface area contributed by atoms with Gasteiger partial charge in [0.25, 0.3) is 0 Å². The maximum absolute atomic E-state index is 12.2. The van der Waals surface area contributed by atoms with Crippen LogP contribution in [-0.4, -0.2) is 72.8 Å². The van der Waals surface area contributed by atoms with E-state index in [4.69, 9.17) is 9.47 Å². The number of hydrogen-bond acceptors (Lipinski definition) is 4. The molecule has 0 unspecified atom stereocenters. The summed E-state index contributed by atoms with van der Waals surface area (Å²) in [6.07, 6.45) is 2.19. The number of aromatic amines is 1. The fourth-order valence-electron chi connectivity index (χ4n) is 3.85. The molecule has 1 N–H and O–H groups in total. The number of rotatable bonds is 5. The molecule has 24 heavy (non-hydrogen) atoms. The van der Waals surface area contributed by atoms with Gasteiger partial charge in [0.15, 0.2) is 0 Å². The lowest BCUT2D eigenvalue weighted by Gasteiger charge is -2.36. The summed E-state index contributed by atoms with van der Waals surface area (Å²) in [5.74, 6) is 0.0715. The highest BCUT2D eigenvalue weighted by Crippen LogP contribution is 2.26. The minimum Gasteiger partial charge on any atom is -0.383 e. The fourth-order valence-corrected chi connectivity index (χ4v) is 3.85. The third-order valence-corrected chi connectivity index (χ3v) is 5.06. The quantitative estimate of drug-likeness (QED) is 0.896. The number of methoxy groups -OCH3 is 1. The molecule has 1 aromatic carbocycles. The SMILES string of the molecule is COCCN1C(=O)CO[C@H]2CN(Cc3c[nH]c4ccccc34)C[C@H]21. The summed E-state index contributed by atoms with van der Waals surface area (Å²) in [6, 6.07) is 8.48. The van der Waals surface area contributed by atoms with Gasteiger partial charge in [-0.2, -0.15) is 0 Å². The number of carbonyl (C=O) groups is 1. The highest BCUT2D eigenvalue weighted by molar-refractivity contribution is 5.83. The lowest BCUT2D eigenvalue weighted by molar-refractivity contribution is -0.153. The zero-order valence-corrected chi connectivity index (χ0v) is 13.9. The van der Waals surface area contributed by atoms with Crippen LogP contribution in [0.3, 0.4) is 0 Å². The molecule has 2 fully saturated rings. The second kappa shape index (κ2) is 6.55. The van der Waals surface area contributed by atoms with Crippen LogP contribution in [-0.2, 0) is 20.8 Å². The maximum atomic E-state index is 12.2. The second-order valence-corrected chi connectivity index (χ2v) is 6.55. The zero-order chi connectivity index (χ0) is 16.5. The van der Waals surface area contributed by atoms with Crippen molar-refractivity contribution >= 4 is 16.8 Å². The molecule has 0 spiro atoms. The van der Waals surface area contributed by atoms with Crippen LogP contribution in [0.15, 0.2) is 30.5 Å². The van der Waals surface area contributed by atoms with Crippen LogP contribution in [0.4, 0.5) is 0 Å². The number of ether oxygens (including phenoxy) is 2. The van der Waals surface area contributed by atoms with E-state index in [0.29, 0.717) is 13.2 Å². The van der Waals surface area contributed by atoms with E-state index in [-0.39, 0.29) is 24.7 Å². The number of nitrogens with one attached hydrogen (secondary N) is 1. The second-order valence-electron chi connectivity index (χ2n) is 6.55. The zero-order valence-electron chi connectivity index (χ0n) is 13.9. The molecule has 3 heterocycles. The molecular weight excluding hydrogens is 306 g/mol. The summed E-state index contributed by atoms with van der Waals surface area (Å²) >= 11 is 0. The predicted molar refractivity (Wildman–Crippen MR) is 90.7 cm³/mol. The maximum Gasteiger partial charge on any atom is 0.249 e. The smallest absolute Gasteiger partial charge is 0.249 e. The molecular formula is C18H23N3O3. The molecule has 2 aromatic rings. The number of carbonyl (C=O) groups excluding carboxylic acids is 1. The largest absolute Gasteiger partial charge is 0.383 e. The summed E-state index contributed by atoms with van der Waals surface area (Å²) in [5, 5.41) is 1.26. The number of hydrogen-bond donors (Lipinski definition) is 1. The number of nitrogens with zero attached hydrogens (tertiary/aromatic N) is 2. The predicted octanol–water partition coefficient (Wildman–Crippen LogP) is 1.23. The summed E-state index contributed by atoms with van der Waals surface area (Å²) in [6.45, 7) is 3.97. The summed E-state index contributed by atoms with van der Waals surface area (Å²) in [7, 11) is 1.67. The van der Waals surface area contributed by atoms with Crippen LogP contribution in [0, 0.1) is 0 Å². The molecule has 0 saturated carbocycles. The molecule has 1 aromatic heterocycles. The van der Waals surface area contributed by atoms with E-state index in [9.17, 15) is 4.79 Å². The Balaban J connectivity index is 1.48. The first-order valence-corrected chi connectivity index (χ1v) is 8.43. The standard InChI is InChI=1S/C18H23N3O3/c1-23-7-6-21-16-10-20(11-17(16)24-12-18(21)22)9-13-8-19-15-5-3-2-4-14(13)15/h2-5,8,16-17,19H,6-7,9-12H2,1H3/t16-,17+/m1/s1. The molecule has 128 valence electrons. The van der Waals surface area contributed by atoms with Crippen molar-refractivity contribution in [2.45, 2.75) is 18.7 Å². The van der Waals surface area contributed by atoms with Crippen LogP contribution in [0.5, 0.6) is 0 Å². The Hall–Kier alpha value is -1.89. The van der Waals surface area contributed by atoms with Crippen LogP contribution in [0.25, 0.3) is 10.9 Å². The minimum absolute atomic E-state index is 0.0715. The lowest BCUT2D eigenvalue weighted by Crippen LogP contribution is -2.54. The first-order valence-electron chi connectivity index (χ1n) is 8.43. The first kappa shape index (κ1) is 15.6. The van der Waals surface area contributed by atoms with Crippen molar-refractivity contribution in [2.24, 2.45) is 0 Å². The van der Waals surface area contributed by atoms with Gasteiger partial charge in [-0.05, 0) is 11.6 Å². The lowest BCUT2D eigenvalue weighted by atomic mass is 10.1. The molecule has 2 aliphatic heterocycles. The topological polar surface area (TPSA) is 57.8 Å². The normalized spacial score (nSPS) is 24.7. The highest BCUT2D eigenvalue weighted by atomic mass is 16.5. The van der Waals surface area contributed by atoms with Gasteiger partial charge in [0.1, 0.15) is 6.61 Å². The summed E-state index contributed by atoms with van der Waals surface area (Å²) in [5.41, 5.74) is 2.45. The van der Waals surface area contributed by atoms with Gasteiger partial charge in [0.2, 0.25) is 5.91 Å². The Labute approximate surface area is 141 Å². The number of para-hydroxylation sites is 1. The first-order chi connectivity index (χ1) is 11.8. The summed E-state index contributed by atoms with van der Waals surface area (Å²) in [4.78, 5) is 19.8. The molecule has 1 amide bonds. The molecule has 0 bridgehead atoms. The van der Waals surface area contributed by atoms with Crippen molar-refractivity contribution in [1.29, 1.82) is 0 Å². The average molecular weight is 329 g/mol. The highest BCUT2D eigenvalue weighted by Gasteiger charge is 2.42. The number of fused-ring (bicyclic) bond motifs is 2. The van der Waals surface area contributed by atoms with Crippen molar-refractivity contribution in [3.63, 3.8) is 0 Å². The molecule has 0 aliphatic carbocycles. The van der Waals surface area contributed by atoms with E-state index >= 15 is 0 Å². The number of amides is 1. The summed E-state index contributed by atoms with van der Waals surface area (Å²) < 4.78 is 10.9. The van der Waals surface area contributed by atoms with Gasteiger partial charge < -0.3 is 19.4 Å². The van der Waals surface area contributed by atoms with E-state index in [1.165, 1.54) is 10.9 Å².